The molecule has 7 heteroatoms. The first-order valence-electron chi connectivity index (χ1n) is 10.4. The number of hydrogen-bond acceptors (Lipinski definition) is 5. The van der Waals surface area contributed by atoms with Crippen molar-refractivity contribution in [3.8, 4) is 5.75 Å². The van der Waals surface area contributed by atoms with Gasteiger partial charge in [0.15, 0.2) is 0 Å². The van der Waals surface area contributed by atoms with E-state index in [0.717, 1.165) is 37.0 Å². The van der Waals surface area contributed by atoms with Crippen LogP contribution in [-0.4, -0.2) is 51.7 Å². The Hall–Kier alpha value is -2.64. The highest BCUT2D eigenvalue weighted by Gasteiger charge is 2.12. The molecule has 0 spiro atoms. The molecule has 0 aliphatic heterocycles. The van der Waals surface area contributed by atoms with Gasteiger partial charge in [0.1, 0.15) is 5.75 Å². The molecule has 166 valence electrons. The van der Waals surface area contributed by atoms with E-state index in [9.17, 15) is 9.59 Å². The molecule has 0 heterocycles. The molecule has 1 aromatic rings. The Morgan fingerprint density at radius 1 is 1.00 bits per heavy atom. The lowest BCUT2D eigenvalue weighted by Crippen LogP contribution is -2.23. The van der Waals surface area contributed by atoms with Gasteiger partial charge in [0.2, 0.25) is 11.8 Å². The van der Waals surface area contributed by atoms with Gasteiger partial charge in [-0.05, 0) is 62.6 Å². The maximum Gasteiger partial charge on any atom is 0.243 e. The Morgan fingerprint density at radius 3 is 2.23 bits per heavy atom. The number of rotatable bonds is 17. The summed E-state index contributed by atoms with van der Waals surface area (Å²) in [5, 5.41) is 8.67. The summed E-state index contributed by atoms with van der Waals surface area (Å²) < 4.78 is 11.9. The van der Waals surface area contributed by atoms with E-state index in [2.05, 4.69) is 29.1 Å². The highest BCUT2D eigenvalue weighted by molar-refractivity contribution is 5.87. The second-order valence-corrected chi connectivity index (χ2v) is 6.74. The normalized spacial score (nSPS) is 11.4. The van der Waals surface area contributed by atoms with Crippen LogP contribution >= 0.6 is 0 Å². The van der Waals surface area contributed by atoms with E-state index in [1.165, 1.54) is 12.2 Å². The lowest BCUT2D eigenvalue weighted by molar-refractivity contribution is -0.117. The van der Waals surface area contributed by atoms with Crippen LogP contribution in [0.1, 0.15) is 37.4 Å². The maximum absolute atomic E-state index is 11.1. The van der Waals surface area contributed by atoms with Crippen LogP contribution in [-0.2, 0) is 14.3 Å². The van der Waals surface area contributed by atoms with Crippen molar-refractivity contribution in [2.45, 2.75) is 31.8 Å². The predicted octanol–water partition coefficient (Wildman–Crippen LogP) is 2.51. The van der Waals surface area contributed by atoms with Gasteiger partial charge in [-0.1, -0.05) is 25.3 Å². The molecule has 0 fully saturated rings. The van der Waals surface area contributed by atoms with Crippen LogP contribution in [0.4, 0.5) is 0 Å². The van der Waals surface area contributed by atoms with Crippen molar-refractivity contribution in [1.82, 2.24) is 16.0 Å². The molecule has 0 saturated heterocycles. The van der Waals surface area contributed by atoms with Crippen LogP contribution in [0.3, 0.4) is 0 Å². The third kappa shape index (κ3) is 11.4. The van der Waals surface area contributed by atoms with Crippen molar-refractivity contribution in [3.63, 3.8) is 0 Å². The second kappa shape index (κ2) is 16.2. The van der Waals surface area contributed by atoms with Crippen molar-refractivity contribution in [2.24, 2.45) is 0 Å². The van der Waals surface area contributed by atoms with E-state index in [4.69, 9.17) is 9.47 Å². The van der Waals surface area contributed by atoms with Gasteiger partial charge >= 0.3 is 0 Å². The molecule has 0 saturated carbocycles. The molecule has 3 N–H and O–H groups in total. The smallest absolute Gasteiger partial charge is 0.243 e. The first-order chi connectivity index (χ1) is 14.6. The molecule has 2 amide bonds. The lowest BCUT2D eigenvalue weighted by Gasteiger charge is -2.19. The largest absolute Gasteiger partial charge is 0.494 e. The molecule has 0 aromatic heterocycles. The van der Waals surface area contributed by atoms with Crippen LogP contribution < -0.4 is 20.7 Å². The highest BCUT2D eigenvalue weighted by atomic mass is 16.5. The standard InChI is InChI=1S/C23H35N3O4/c1-4-22(27)25-13-6-8-15-29-20-12-10-11-19(17-20)21(18-24-3)30-16-9-7-14-26-23(28)5-2/h4-5,10-12,17,21,24H,1-2,6-9,13-16,18H2,3H3,(H,25,27)(H,26,28). The number of unbranched alkanes of at least 4 members (excludes halogenated alkanes) is 2. The quantitative estimate of drug-likeness (QED) is 0.268. The fourth-order valence-corrected chi connectivity index (χ4v) is 2.70. The molecule has 0 aliphatic rings. The summed E-state index contributed by atoms with van der Waals surface area (Å²) in [6.07, 6.45) is 5.87. The zero-order chi connectivity index (χ0) is 22.0. The molecular weight excluding hydrogens is 382 g/mol. The van der Waals surface area contributed by atoms with Gasteiger partial charge in [-0.2, -0.15) is 0 Å². The number of benzene rings is 1. The Balaban J connectivity index is 2.37. The van der Waals surface area contributed by atoms with E-state index in [1.54, 1.807) is 0 Å². The van der Waals surface area contributed by atoms with E-state index in [1.807, 2.05) is 31.3 Å². The molecule has 7 nitrogen and oxygen atoms in total. The lowest BCUT2D eigenvalue weighted by atomic mass is 10.1. The Kier molecular flexibility index (Phi) is 13.7. The van der Waals surface area contributed by atoms with Crippen LogP contribution in [0, 0.1) is 0 Å². The molecule has 0 radical (unpaired) electrons. The number of carbonyl (C=O) groups is 2. The predicted molar refractivity (Wildman–Crippen MR) is 119 cm³/mol. The summed E-state index contributed by atoms with van der Waals surface area (Å²) in [7, 11) is 1.90. The summed E-state index contributed by atoms with van der Waals surface area (Å²) in [4.78, 5) is 22.2. The maximum atomic E-state index is 11.1. The van der Waals surface area contributed by atoms with Crippen LogP contribution in [0.5, 0.6) is 5.75 Å². The first-order valence-corrected chi connectivity index (χ1v) is 10.4. The fraction of sp³-hybridized carbons (Fsp3) is 0.478. The van der Waals surface area contributed by atoms with Gasteiger partial charge in [0, 0.05) is 26.2 Å². The van der Waals surface area contributed by atoms with E-state index >= 15 is 0 Å². The number of nitrogens with one attached hydrogen (secondary N) is 3. The molecule has 30 heavy (non-hydrogen) atoms. The highest BCUT2D eigenvalue weighted by Crippen LogP contribution is 2.22. The summed E-state index contributed by atoms with van der Waals surface area (Å²) in [6.45, 7) is 9.97. The molecule has 1 atom stereocenters. The van der Waals surface area contributed by atoms with Gasteiger partial charge in [-0.15, -0.1) is 0 Å². The average Bonchev–Trinajstić information content (AvgIpc) is 2.77. The summed E-state index contributed by atoms with van der Waals surface area (Å²) in [5.41, 5.74) is 1.06. The van der Waals surface area contributed by atoms with Crippen LogP contribution in [0.25, 0.3) is 0 Å². The van der Waals surface area contributed by atoms with Crippen LogP contribution in [0.15, 0.2) is 49.6 Å². The van der Waals surface area contributed by atoms with Crippen molar-refractivity contribution in [2.75, 3.05) is 39.9 Å². The Bertz CT molecular complexity index is 664. The van der Waals surface area contributed by atoms with E-state index in [-0.39, 0.29) is 17.9 Å². The van der Waals surface area contributed by atoms with Gasteiger partial charge in [-0.25, -0.2) is 0 Å². The molecular formula is C23H35N3O4. The number of hydrogen-bond donors (Lipinski definition) is 3. The van der Waals surface area contributed by atoms with Gasteiger partial charge in [-0.3, -0.25) is 9.59 Å². The molecule has 1 unspecified atom stereocenters. The monoisotopic (exact) mass is 417 g/mol. The summed E-state index contributed by atoms with van der Waals surface area (Å²) >= 11 is 0. The SMILES string of the molecule is C=CC(=O)NCCCCOc1cccc(C(CNC)OCCCCNC(=O)C=C)c1. The third-order valence-electron chi connectivity index (χ3n) is 4.32. The van der Waals surface area contributed by atoms with Gasteiger partial charge in [0.25, 0.3) is 0 Å². The molecule has 1 rings (SSSR count). The Labute approximate surface area is 179 Å². The van der Waals surface area contributed by atoms with E-state index in [0.29, 0.717) is 32.8 Å². The van der Waals surface area contributed by atoms with E-state index < -0.39 is 0 Å². The van der Waals surface area contributed by atoms with Crippen molar-refractivity contribution < 1.29 is 19.1 Å². The minimum atomic E-state index is -0.152. The van der Waals surface area contributed by atoms with Gasteiger partial charge in [0.05, 0.1) is 12.7 Å². The zero-order valence-electron chi connectivity index (χ0n) is 18.0. The number of carbonyl (C=O) groups excluding carboxylic acids is 2. The van der Waals surface area contributed by atoms with Crippen molar-refractivity contribution in [3.05, 3.63) is 55.1 Å². The number of likely N-dealkylation sites (N-methyl/N-ethyl adjacent to an activating group) is 1. The first kappa shape index (κ1) is 25.4. The minimum Gasteiger partial charge on any atom is -0.494 e. The van der Waals surface area contributed by atoms with Crippen molar-refractivity contribution >= 4 is 11.8 Å². The number of ether oxygens (including phenoxy) is 2. The Morgan fingerprint density at radius 2 is 1.63 bits per heavy atom. The summed E-state index contributed by atoms with van der Waals surface area (Å²) in [5.74, 6) is 0.502. The molecule has 0 aliphatic carbocycles. The molecule has 0 bridgehead atoms. The van der Waals surface area contributed by atoms with Crippen LogP contribution in [0.2, 0.25) is 0 Å². The number of amides is 2. The van der Waals surface area contributed by atoms with Crippen molar-refractivity contribution in [1.29, 1.82) is 0 Å². The zero-order valence-corrected chi connectivity index (χ0v) is 18.0. The third-order valence-corrected chi connectivity index (χ3v) is 4.32. The average molecular weight is 418 g/mol. The fourth-order valence-electron chi connectivity index (χ4n) is 2.70. The second-order valence-electron chi connectivity index (χ2n) is 6.74. The molecule has 1 aromatic carbocycles. The minimum absolute atomic E-state index is 0.0737. The van der Waals surface area contributed by atoms with Gasteiger partial charge < -0.3 is 25.4 Å². The topological polar surface area (TPSA) is 88.7 Å². The summed E-state index contributed by atoms with van der Waals surface area (Å²) in [6, 6.07) is 7.93.